The van der Waals surface area contributed by atoms with Gasteiger partial charge in [0.25, 0.3) is 5.91 Å². The van der Waals surface area contributed by atoms with Gasteiger partial charge < -0.3 is 5.32 Å². The van der Waals surface area contributed by atoms with Crippen LogP contribution < -0.4 is 5.32 Å². The lowest BCUT2D eigenvalue weighted by Crippen LogP contribution is -2.33. The average molecular weight is 438 g/mol. The fourth-order valence-electron chi connectivity index (χ4n) is 6.20. The van der Waals surface area contributed by atoms with Gasteiger partial charge >= 0.3 is 0 Å². The van der Waals surface area contributed by atoms with E-state index in [4.69, 9.17) is 5.10 Å². The summed E-state index contributed by atoms with van der Waals surface area (Å²) in [5, 5.41) is 8.35. The van der Waals surface area contributed by atoms with E-state index in [-0.39, 0.29) is 11.7 Å². The Morgan fingerprint density at radius 3 is 2.38 bits per heavy atom. The maximum Gasteiger partial charge on any atom is 0.272 e. The third-order valence-electron chi connectivity index (χ3n) is 7.89. The van der Waals surface area contributed by atoms with Crippen molar-refractivity contribution in [1.29, 1.82) is 0 Å². The number of nitrogens with one attached hydrogen (secondary N) is 1. The molecule has 3 aliphatic rings. The van der Waals surface area contributed by atoms with Gasteiger partial charge in [-0.25, -0.2) is 4.39 Å². The van der Waals surface area contributed by atoms with Crippen LogP contribution in [0.5, 0.6) is 0 Å². The summed E-state index contributed by atoms with van der Waals surface area (Å²) >= 11 is 0. The minimum Gasteiger partial charge on any atom is -0.348 e. The zero-order valence-electron chi connectivity index (χ0n) is 19.1. The van der Waals surface area contributed by atoms with Crippen molar-refractivity contribution < 1.29 is 9.18 Å². The number of rotatable bonds is 5. The molecule has 1 amide bonds. The van der Waals surface area contributed by atoms with Gasteiger partial charge in [-0.2, -0.15) is 5.10 Å². The standard InChI is InChI=1S/C27H36FN3O/c28-21-16-14-19(15-17-21)18-20-8-4-7-13-24-25(27(32)29-22-9-5-6-10-22)30-31(26(20)24)23-11-2-1-3-12-23/h14-17,20,22-23H,1-13,18H2,(H,29,32). The first-order valence-electron chi connectivity index (χ1n) is 12.9. The molecule has 1 aromatic carbocycles. The zero-order chi connectivity index (χ0) is 21.9. The molecule has 0 spiro atoms. The minimum atomic E-state index is -0.187. The fraction of sp³-hybridized carbons (Fsp3) is 0.630. The molecule has 0 radical (unpaired) electrons. The third kappa shape index (κ3) is 4.62. The molecule has 1 aromatic heterocycles. The number of carbonyl (C=O) groups excluding carboxylic acids is 1. The van der Waals surface area contributed by atoms with E-state index < -0.39 is 0 Å². The Hall–Kier alpha value is -2.17. The molecule has 32 heavy (non-hydrogen) atoms. The van der Waals surface area contributed by atoms with Gasteiger partial charge in [-0.1, -0.05) is 50.7 Å². The summed E-state index contributed by atoms with van der Waals surface area (Å²) in [6.07, 6.45) is 15.9. The number of benzene rings is 1. The zero-order valence-corrected chi connectivity index (χ0v) is 19.1. The van der Waals surface area contributed by atoms with E-state index in [1.165, 1.54) is 43.4 Å². The lowest BCUT2D eigenvalue weighted by atomic mass is 9.89. The molecule has 2 saturated carbocycles. The van der Waals surface area contributed by atoms with E-state index in [2.05, 4.69) is 10.00 Å². The molecule has 0 saturated heterocycles. The van der Waals surface area contributed by atoms with Crippen LogP contribution in [0.4, 0.5) is 4.39 Å². The van der Waals surface area contributed by atoms with Gasteiger partial charge in [-0.3, -0.25) is 9.48 Å². The molecule has 5 heteroatoms. The van der Waals surface area contributed by atoms with Gasteiger partial charge in [0.2, 0.25) is 0 Å². The smallest absolute Gasteiger partial charge is 0.272 e. The van der Waals surface area contributed by atoms with E-state index in [1.54, 1.807) is 12.1 Å². The normalized spacial score (nSPS) is 22.5. The number of halogens is 1. The maximum atomic E-state index is 13.5. The lowest BCUT2D eigenvalue weighted by molar-refractivity contribution is 0.0930. The van der Waals surface area contributed by atoms with Crippen molar-refractivity contribution in [3.05, 3.63) is 52.6 Å². The van der Waals surface area contributed by atoms with Crippen LogP contribution in [0, 0.1) is 5.82 Å². The first-order valence-corrected chi connectivity index (χ1v) is 12.9. The summed E-state index contributed by atoms with van der Waals surface area (Å²) in [5.41, 5.74) is 4.34. The molecule has 172 valence electrons. The number of aromatic nitrogens is 2. The first-order chi connectivity index (χ1) is 15.7. The molecule has 0 aliphatic heterocycles. The molecular formula is C27H36FN3O. The highest BCUT2D eigenvalue weighted by molar-refractivity contribution is 5.94. The molecule has 0 bridgehead atoms. The summed E-state index contributed by atoms with van der Waals surface area (Å²) in [4.78, 5) is 13.4. The average Bonchev–Trinajstić information content (AvgIpc) is 3.41. The van der Waals surface area contributed by atoms with Crippen LogP contribution in [0.1, 0.15) is 116 Å². The van der Waals surface area contributed by atoms with Crippen LogP contribution in [0.25, 0.3) is 0 Å². The van der Waals surface area contributed by atoms with Crippen molar-refractivity contribution in [2.24, 2.45) is 0 Å². The summed E-state index contributed by atoms with van der Waals surface area (Å²) in [6, 6.07) is 7.65. The van der Waals surface area contributed by atoms with Gasteiger partial charge in [0.1, 0.15) is 5.82 Å². The number of nitrogens with zero attached hydrogens (tertiary/aromatic N) is 2. The van der Waals surface area contributed by atoms with Crippen molar-refractivity contribution in [3.63, 3.8) is 0 Å². The van der Waals surface area contributed by atoms with Crippen molar-refractivity contribution in [2.75, 3.05) is 0 Å². The van der Waals surface area contributed by atoms with Crippen molar-refractivity contribution in [2.45, 2.75) is 108 Å². The van der Waals surface area contributed by atoms with Gasteiger partial charge in [0, 0.05) is 23.2 Å². The Kier molecular flexibility index (Phi) is 6.61. The summed E-state index contributed by atoms with van der Waals surface area (Å²) in [7, 11) is 0. The number of carbonyl (C=O) groups is 1. The first kappa shape index (κ1) is 21.7. The van der Waals surface area contributed by atoms with Crippen LogP contribution in [0.3, 0.4) is 0 Å². The van der Waals surface area contributed by atoms with Gasteiger partial charge in [-0.05, 0) is 69.1 Å². The van der Waals surface area contributed by atoms with Gasteiger partial charge in [0.15, 0.2) is 5.69 Å². The van der Waals surface area contributed by atoms with Crippen LogP contribution in [0.15, 0.2) is 24.3 Å². The van der Waals surface area contributed by atoms with Gasteiger partial charge in [-0.15, -0.1) is 0 Å². The summed E-state index contributed by atoms with van der Waals surface area (Å²) in [5.74, 6) is 0.180. The Morgan fingerprint density at radius 2 is 1.62 bits per heavy atom. The molecule has 3 aliphatic carbocycles. The van der Waals surface area contributed by atoms with E-state index >= 15 is 0 Å². The second-order valence-corrected chi connectivity index (χ2v) is 10.2. The molecule has 1 heterocycles. The molecule has 1 unspecified atom stereocenters. The number of hydrogen-bond acceptors (Lipinski definition) is 2. The second kappa shape index (κ2) is 9.76. The number of fused-ring (bicyclic) bond motifs is 1. The van der Waals surface area contributed by atoms with E-state index in [1.807, 2.05) is 12.1 Å². The highest BCUT2D eigenvalue weighted by Gasteiger charge is 2.33. The van der Waals surface area contributed by atoms with Crippen LogP contribution in [-0.4, -0.2) is 21.7 Å². The van der Waals surface area contributed by atoms with E-state index in [0.29, 0.717) is 23.7 Å². The molecule has 2 aromatic rings. The summed E-state index contributed by atoms with van der Waals surface area (Å²) < 4.78 is 15.8. The predicted octanol–water partition coefficient (Wildman–Crippen LogP) is 6.25. The van der Waals surface area contributed by atoms with Gasteiger partial charge in [0.05, 0.1) is 6.04 Å². The predicted molar refractivity (Wildman–Crippen MR) is 124 cm³/mol. The molecular weight excluding hydrogens is 401 g/mol. The Morgan fingerprint density at radius 1 is 0.938 bits per heavy atom. The monoisotopic (exact) mass is 437 g/mol. The fourth-order valence-corrected chi connectivity index (χ4v) is 6.20. The van der Waals surface area contributed by atoms with Crippen molar-refractivity contribution in [1.82, 2.24) is 15.1 Å². The highest BCUT2D eigenvalue weighted by Crippen LogP contribution is 2.39. The second-order valence-electron chi connectivity index (χ2n) is 10.2. The quantitative estimate of drug-likeness (QED) is 0.562. The molecule has 2 fully saturated rings. The topological polar surface area (TPSA) is 46.9 Å². The summed E-state index contributed by atoms with van der Waals surface area (Å²) in [6.45, 7) is 0. The molecule has 1 N–H and O–H groups in total. The Labute approximate surface area is 191 Å². The highest BCUT2D eigenvalue weighted by atomic mass is 19.1. The third-order valence-corrected chi connectivity index (χ3v) is 7.89. The van der Waals surface area contributed by atoms with Crippen LogP contribution >= 0.6 is 0 Å². The SMILES string of the molecule is O=C(NC1CCCC1)c1nn(C2CCCCC2)c2c1CCCCC2Cc1ccc(F)cc1. The minimum absolute atomic E-state index is 0.0325. The van der Waals surface area contributed by atoms with E-state index in [9.17, 15) is 9.18 Å². The lowest BCUT2D eigenvalue weighted by Gasteiger charge is -2.27. The molecule has 5 rings (SSSR count). The van der Waals surface area contributed by atoms with Crippen molar-refractivity contribution in [3.8, 4) is 0 Å². The van der Waals surface area contributed by atoms with Crippen molar-refractivity contribution >= 4 is 5.91 Å². The Balaban J connectivity index is 1.51. The maximum absolute atomic E-state index is 13.5. The number of amides is 1. The Bertz CT molecular complexity index is 923. The van der Waals surface area contributed by atoms with E-state index in [0.717, 1.165) is 63.4 Å². The van der Waals surface area contributed by atoms with Crippen LogP contribution in [-0.2, 0) is 12.8 Å². The molecule has 4 nitrogen and oxygen atoms in total. The van der Waals surface area contributed by atoms with Crippen LogP contribution in [0.2, 0.25) is 0 Å². The largest absolute Gasteiger partial charge is 0.348 e. The number of hydrogen-bond donors (Lipinski definition) is 1. The molecule has 1 atom stereocenters.